The molecule has 0 unspecified atom stereocenters. The Morgan fingerprint density at radius 1 is 0.885 bits per heavy atom. The quantitative estimate of drug-likeness (QED) is 0.508. The molecule has 4 heteroatoms. The van der Waals surface area contributed by atoms with E-state index in [4.69, 9.17) is 4.74 Å². The zero-order valence-corrected chi connectivity index (χ0v) is 14.1. The number of anilines is 1. The van der Waals surface area contributed by atoms with Gasteiger partial charge >= 0.3 is 6.09 Å². The zero-order valence-electron chi connectivity index (χ0n) is 14.1. The number of carbonyl (C=O) groups is 1. The first kappa shape index (κ1) is 16.0. The number of benzene rings is 3. The molecular weight excluding hydrogens is 324 g/mol. The standard InChI is InChI=1S/C22H18N2O2/c25-22(26-15-16-7-3-1-4-8-16)23-19-11-12-20-18(13-19)14-21(24-20)17-9-5-2-6-10-17/h1-14,24H,15H2,(H,23,25). The van der Waals surface area contributed by atoms with E-state index in [0.29, 0.717) is 5.69 Å². The van der Waals surface area contributed by atoms with E-state index >= 15 is 0 Å². The molecule has 4 rings (SSSR count). The van der Waals surface area contributed by atoms with Crippen LogP contribution in [0, 0.1) is 0 Å². The molecule has 4 aromatic rings. The van der Waals surface area contributed by atoms with Crippen molar-refractivity contribution in [3.8, 4) is 11.3 Å². The minimum atomic E-state index is -0.466. The van der Waals surface area contributed by atoms with Crippen molar-refractivity contribution in [3.05, 3.63) is 90.5 Å². The number of rotatable bonds is 4. The smallest absolute Gasteiger partial charge is 0.411 e. The molecule has 0 bridgehead atoms. The van der Waals surface area contributed by atoms with E-state index in [-0.39, 0.29) is 6.61 Å². The third-order valence-corrected chi connectivity index (χ3v) is 4.16. The number of aromatic amines is 1. The Labute approximate surface area is 151 Å². The summed E-state index contributed by atoms with van der Waals surface area (Å²) in [5.41, 5.74) is 4.85. The molecule has 0 aliphatic heterocycles. The monoisotopic (exact) mass is 342 g/mol. The second kappa shape index (κ2) is 7.15. The van der Waals surface area contributed by atoms with E-state index in [1.54, 1.807) is 0 Å². The Kier molecular flexibility index (Phi) is 4.39. The molecule has 0 spiro atoms. The molecule has 0 saturated heterocycles. The van der Waals surface area contributed by atoms with Crippen molar-refractivity contribution in [3.63, 3.8) is 0 Å². The first-order chi connectivity index (χ1) is 12.8. The van der Waals surface area contributed by atoms with Gasteiger partial charge in [-0.05, 0) is 35.4 Å². The van der Waals surface area contributed by atoms with E-state index in [2.05, 4.69) is 28.5 Å². The van der Waals surface area contributed by atoms with Crippen molar-refractivity contribution < 1.29 is 9.53 Å². The average molecular weight is 342 g/mol. The number of aromatic nitrogens is 1. The number of hydrogen-bond acceptors (Lipinski definition) is 2. The maximum atomic E-state index is 12.0. The first-order valence-electron chi connectivity index (χ1n) is 8.44. The molecule has 0 atom stereocenters. The Balaban J connectivity index is 1.46. The molecule has 0 fully saturated rings. The number of nitrogens with one attached hydrogen (secondary N) is 2. The van der Waals surface area contributed by atoms with Crippen molar-refractivity contribution >= 4 is 22.7 Å². The van der Waals surface area contributed by atoms with Gasteiger partial charge in [0.05, 0.1) is 0 Å². The van der Waals surface area contributed by atoms with Crippen LogP contribution < -0.4 is 5.32 Å². The summed E-state index contributed by atoms with van der Waals surface area (Å²) in [4.78, 5) is 15.4. The Bertz CT molecular complexity index is 1020. The highest BCUT2D eigenvalue weighted by atomic mass is 16.5. The summed E-state index contributed by atoms with van der Waals surface area (Å²) in [6.45, 7) is 0.247. The molecule has 1 aromatic heterocycles. The highest BCUT2D eigenvalue weighted by Gasteiger charge is 2.07. The molecule has 0 radical (unpaired) electrons. The summed E-state index contributed by atoms with van der Waals surface area (Å²) >= 11 is 0. The number of H-pyrrole nitrogens is 1. The van der Waals surface area contributed by atoms with Crippen LogP contribution in [-0.2, 0) is 11.3 Å². The lowest BCUT2D eigenvalue weighted by molar-refractivity contribution is 0.155. The van der Waals surface area contributed by atoms with Crippen molar-refractivity contribution in [2.24, 2.45) is 0 Å². The molecule has 4 nitrogen and oxygen atoms in total. The molecule has 0 aliphatic carbocycles. The van der Waals surface area contributed by atoms with Crippen LogP contribution in [0.1, 0.15) is 5.56 Å². The van der Waals surface area contributed by atoms with Crippen LogP contribution >= 0.6 is 0 Å². The highest BCUT2D eigenvalue weighted by molar-refractivity contribution is 5.92. The topological polar surface area (TPSA) is 54.1 Å². The second-order valence-electron chi connectivity index (χ2n) is 6.04. The van der Waals surface area contributed by atoms with Gasteiger partial charge in [-0.3, -0.25) is 5.32 Å². The van der Waals surface area contributed by atoms with Gasteiger partial charge in [-0.25, -0.2) is 4.79 Å². The lowest BCUT2D eigenvalue weighted by atomic mass is 10.1. The van der Waals surface area contributed by atoms with Crippen molar-refractivity contribution in [2.75, 3.05) is 5.32 Å². The van der Waals surface area contributed by atoms with E-state index < -0.39 is 6.09 Å². The van der Waals surface area contributed by atoms with Crippen molar-refractivity contribution in [2.45, 2.75) is 6.61 Å². The molecule has 0 aliphatic rings. The minimum Gasteiger partial charge on any atom is -0.444 e. The Hall–Kier alpha value is -3.53. The van der Waals surface area contributed by atoms with Gasteiger partial charge in [-0.1, -0.05) is 60.7 Å². The maximum absolute atomic E-state index is 12.0. The second-order valence-corrected chi connectivity index (χ2v) is 6.04. The molecule has 2 N–H and O–H groups in total. The van der Waals surface area contributed by atoms with Crippen molar-refractivity contribution in [1.82, 2.24) is 4.98 Å². The lowest BCUT2D eigenvalue weighted by Gasteiger charge is -2.07. The summed E-state index contributed by atoms with van der Waals surface area (Å²) in [6.07, 6.45) is -0.466. The summed E-state index contributed by atoms with van der Waals surface area (Å²) < 4.78 is 5.26. The summed E-state index contributed by atoms with van der Waals surface area (Å²) in [6, 6.07) is 27.6. The molecule has 1 heterocycles. The van der Waals surface area contributed by atoms with Crippen LogP contribution in [0.3, 0.4) is 0 Å². The molecule has 3 aromatic carbocycles. The number of hydrogen-bond donors (Lipinski definition) is 2. The van der Waals surface area contributed by atoms with Crippen LogP contribution in [0.15, 0.2) is 84.9 Å². The van der Waals surface area contributed by atoms with Crippen LogP contribution in [-0.4, -0.2) is 11.1 Å². The average Bonchev–Trinajstić information content (AvgIpc) is 3.11. The third kappa shape index (κ3) is 3.59. The van der Waals surface area contributed by atoms with Gasteiger partial charge in [-0.2, -0.15) is 0 Å². The normalized spacial score (nSPS) is 10.6. The van der Waals surface area contributed by atoms with E-state index in [1.165, 1.54) is 0 Å². The van der Waals surface area contributed by atoms with Gasteiger partial charge in [-0.15, -0.1) is 0 Å². The number of amides is 1. The first-order valence-corrected chi connectivity index (χ1v) is 8.44. The largest absolute Gasteiger partial charge is 0.444 e. The fourth-order valence-corrected chi connectivity index (χ4v) is 2.86. The van der Waals surface area contributed by atoms with Gasteiger partial charge in [0.1, 0.15) is 6.61 Å². The van der Waals surface area contributed by atoms with Gasteiger partial charge < -0.3 is 9.72 Å². The van der Waals surface area contributed by atoms with Crippen LogP contribution in [0.4, 0.5) is 10.5 Å². The Morgan fingerprint density at radius 2 is 1.62 bits per heavy atom. The molecule has 26 heavy (non-hydrogen) atoms. The number of fused-ring (bicyclic) bond motifs is 1. The molecular formula is C22H18N2O2. The summed E-state index contributed by atoms with van der Waals surface area (Å²) in [5.74, 6) is 0. The number of carbonyl (C=O) groups excluding carboxylic acids is 1. The maximum Gasteiger partial charge on any atom is 0.411 e. The van der Waals surface area contributed by atoms with E-state index in [0.717, 1.165) is 27.7 Å². The SMILES string of the molecule is O=C(Nc1ccc2[nH]c(-c3ccccc3)cc2c1)OCc1ccccc1. The Morgan fingerprint density at radius 3 is 2.38 bits per heavy atom. The van der Waals surface area contributed by atoms with Gasteiger partial charge in [0.15, 0.2) is 0 Å². The van der Waals surface area contributed by atoms with Gasteiger partial charge in [0, 0.05) is 22.3 Å². The lowest BCUT2D eigenvalue weighted by Crippen LogP contribution is -2.13. The van der Waals surface area contributed by atoms with Crippen LogP contribution in [0.25, 0.3) is 22.2 Å². The fraction of sp³-hybridized carbons (Fsp3) is 0.0455. The highest BCUT2D eigenvalue weighted by Crippen LogP contribution is 2.26. The van der Waals surface area contributed by atoms with Crippen LogP contribution in [0.5, 0.6) is 0 Å². The molecule has 1 amide bonds. The molecule has 128 valence electrons. The molecule has 0 saturated carbocycles. The van der Waals surface area contributed by atoms with Crippen LogP contribution in [0.2, 0.25) is 0 Å². The van der Waals surface area contributed by atoms with Crippen molar-refractivity contribution in [1.29, 1.82) is 0 Å². The predicted molar refractivity (Wildman–Crippen MR) is 104 cm³/mol. The fourth-order valence-electron chi connectivity index (χ4n) is 2.86. The predicted octanol–water partition coefficient (Wildman–Crippen LogP) is 5.58. The van der Waals surface area contributed by atoms with E-state index in [1.807, 2.05) is 66.7 Å². The number of ether oxygens (including phenoxy) is 1. The van der Waals surface area contributed by atoms with Gasteiger partial charge in [0.2, 0.25) is 0 Å². The van der Waals surface area contributed by atoms with E-state index in [9.17, 15) is 4.79 Å². The zero-order chi connectivity index (χ0) is 17.8. The summed E-state index contributed by atoms with van der Waals surface area (Å²) in [7, 11) is 0. The minimum absolute atomic E-state index is 0.247. The van der Waals surface area contributed by atoms with Gasteiger partial charge in [0.25, 0.3) is 0 Å². The summed E-state index contributed by atoms with van der Waals surface area (Å²) in [5, 5.41) is 3.81. The third-order valence-electron chi connectivity index (χ3n) is 4.16.